The minimum atomic E-state index is -1.50. The van der Waals surface area contributed by atoms with Crippen LogP contribution in [0.25, 0.3) is 10.9 Å². The summed E-state index contributed by atoms with van der Waals surface area (Å²) in [6.07, 6.45) is 7.69. The second-order valence-corrected chi connectivity index (χ2v) is 18.6. The van der Waals surface area contributed by atoms with E-state index in [4.69, 9.17) is 5.73 Å². The number of fused-ring (bicyclic) bond motifs is 3. The van der Waals surface area contributed by atoms with Crippen molar-refractivity contribution in [3.63, 3.8) is 0 Å². The Hall–Kier alpha value is -6.45. The van der Waals surface area contributed by atoms with Crippen LogP contribution in [-0.2, 0) is 63.0 Å². The van der Waals surface area contributed by atoms with E-state index >= 15 is 0 Å². The molecule has 9 amide bonds. The molecule has 0 radical (unpaired) electrons. The molecule has 3 aromatic rings. The van der Waals surface area contributed by atoms with Crippen molar-refractivity contribution in [2.24, 2.45) is 12.8 Å². The van der Waals surface area contributed by atoms with E-state index < -0.39 is 101 Å². The molecule has 6 rings (SSSR count). The van der Waals surface area contributed by atoms with E-state index in [2.05, 4.69) is 41.9 Å². The van der Waals surface area contributed by atoms with Gasteiger partial charge in [0.15, 0.2) is 5.37 Å². The van der Waals surface area contributed by atoms with Gasteiger partial charge in [-0.25, -0.2) is 9.55 Å². The highest BCUT2D eigenvalue weighted by Gasteiger charge is 2.45. The van der Waals surface area contributed by atoms with Gasteiger partial charge in [-0.3, -0.25) is 43.2 Å². The third-order valence-corrected chi connectivity index (χ3v) is 13.5. The molecule has 10 N–H and O–H groups in total. The lowest BCUT2D eigenvalue weighted by atomic mass is 10.0. The van der Waals surface area contributed by atoms with Gasteiger partial charge in [-0.15, -0.1) is 11.8 Å². The van der Waals surface area contributed by atoms with Crippen LogP contribution in [-0.4, -0.2) is 140 Å². The van der Waals surface area contributed by atoms with Crippen LogP contribution in [0.5, 0.6) is 0 Å². The predicted molar refractivity (Wildman–Crippen MR) is 246 cm³/mol. The summed E-state index contributed by atoms with van der Waals surface area (Å²) in [6, 6.07) is 0.403. The number of H-pyrrole nitrogens is 2. The Balaban J connectivity index is 1.32. The van der Waals surface area contributed by atoms with Crippen molar-refractivity contribution in [1.82, 2.24) is 51.7 Å². The largest absolute Gasteiger partial charge is 0.368 e. The Kier molecular flexibility index (Phi) is 17.4. The number of hydrogen-bond donors (Lipinski definition) is 9. The Morgan fingerprint density at radius 2 is 1.67 bits per heavy atom. The zero-order valence-corrected chi connectivity index (χ0v) is 39.0. The molecule has 362 valence electrons. The number of thioether (sulfide) groups is 1. The standard InChI is InChI=1S/C45H62N12O9S/c1-4-5-12-32(50-26(2)58)39(61)52-34-22-37(59)47-16-9-8-14-31(38(46)60)51-40(62)33(20-27-23-48-30-13-7-6-11-29(27)30)53-42(64)36-15-10-17-56(36)44(66)45-57(18-19-67-45)43(65)35(54-41(34)63)21-28-24-55(3)25-49-28/h6-7,11,13,23-25,31-36,45,48H,4-5,8-10,12,14-22H2,1-3H3,(H8,46,47,50,51,52,53,54,58,59,60,61,62,63,64)/p+1. The zero-order valence-electron chi connectivity index (χ0n) is 38.2. The average Bonchev–Trinajstić information content (AvgIpc) is 4.13. The minimum absolute atomic E-state index is 0.0422. The number of rotatable bonds is 11. The summed E-state index contributed by atoms with van der Waals surface area (Å²) in [5, 5.41) is 16.1. The summed E-state index contributed by atoms with van der Waals surface area (Å²) in [5.74, 6) is -5.36. The maximum Gasteiger partial charge on any atom is 0.256 e. The van der Waals surface area contributed by atoms with Crippen LogP contribution in [0.15, 0.2) is 43.0 Å². The predicted octanol–water partition coefficient (Wildman–Crippen LogP) is -1.19. The van der Waals surface area contributed by atoms with Crippen LogP contribution in [0.3, 0.4) is 0 Å². The number of aryl methyl sites for hydroxylation is 1. The molecule has 67 heavy (non-hydrogen) atoms. The summed E-state index contributed by atoms with van der Waals surface area (Å²) in [5.41, 5.74) is 7.90. The molecule has 7 atom stereocenters. The normalized spacial score (nSPS) is 24.5. The number of aromatic amines is 2. The molecule has 0 aliphatic carbocycles. The van der Waals surface area contributed by atoms with E-state index in [0.29, 0.717) is 37.1 Å². The summed E-state index contributed by atoms with van der Waals surface area (Å²) in [4.78, 5) is 133. The van der Waals surface area contributed by atoms with Gasteiger partial charge in [0.25, 0.3) is 5.91 Å². The van der Waals surface area contributed by atoms with Gasteiger partial charge in [0, 0.05) is 62.3 Å². The smallest absolute Gasteiger partial charge is 0.256 e. The quantitative estimate of drug-likeness (QED) is 0.104. The van der Waals surface area contributed by atoms with E-state index in [9.17, 15) is 43.2 Å². The lowest BCUT2D eigenvalue weighted by Gasteiger charge is -2.33. The first-order valence-corrected chi connectivity index (χ1v) is 24.0. The first kappa shape index (κ1) is 50.0. The number of benzene rings is 1. The SMILES string of the molecule is CCCCC(NC(C)=O)C(=O)NC1CC(=O)NCCCCC(C(N)=O)NC(=O)C(Cc2c[nH]c3ccccc23)NC(=O)C2CCCN2C(=O)C2SCCN2C(=O)C(Cc2c[n+](C)c[nH]2)NC1=O. The number of nitrogens with one attached hydrogen (secondary N) is 8. The van der Waals surface area contributed by atoms with Crippen molar-refractivity contribution in [3.8, 4) is 0 Å². The zero-order chi connectivity index (χ0) is 48.2. The van der Waals surface area contributed by atoms with Crippen molar-refractivity contribution >= 4 is 75.8 Å². The van der Waals surface area contributed by atoms with Crippen LogP contribution in [0, 0.1) is 0 Å². The molecule has 3 fully saturated rings. The number of hydrogen-bond acceptors (Lipinski definition) is 10. The Morgan fingerprint density at radius 3 is 2.40 bits per heavy atom. The minimum Gasteiger partial charge on any atom is -0.368 e. The fourth-order valence-electron chi connectivity index (χ4n) is 8.77. The fourth-order valence-corrected chi connectivity index (χ4v) is 9.97. The number of carbonyl (C=O) groups is 9. The van der Waals surface area contributed by atoms with E-state index in [1.807, 2.05) is 31.2 Å². The van der Waals surface area contributed by atoms with Crippen molar-refractivity contribution in [3.05, 3.63) is 54.2 Å². The topological polar surface area (TPSA) is 294 Å². The molecule has 7 unspecified atom stereocenters. The van der Waals surface area contributed by atoms with Crippen molar-refractivity contribution in [2.75, 3.05) is 25.4 Å². The van der Waals surface area contributed by atoms with E-state index in [-0.39, 0.29) is 51.7 Å². The third kappa shape index (κ3) is 13.1. The number of carbonyl (C=O) groups excluding carboxylic acids is 9. The van der Waals surface area contributed by atoms with Crippen molar-refractivity contribution in [1.29, 1.82) is 0 Å². The third-order valence-electron chi connectivity index (χ3n) is 12.3. The van der Waals surface area contributed by atoms with Crippen molar-refractivity contribution in [2.45, 2.75) is 126 Å². The van der Waals surface area contributed by atoms with Crippen LogP contribution in [0.4, 0.5) is 0 Å². The van der Waals surface area contributed by atoms with E-state index in [1.165, 1.54) is 28.5 Å². The Labute approximate surface area is 392 Å². The Morgan fingerprint density at radius 1 is 0.896 bits per heavy atom. The first-order chi connectivity index (χ1) is 32.1. The number of nitrogens with two attached hydrogens (primary N) is 1. The molecule has 2 aromatic heterocycles. The van der Waals surface area contributed by atoms with E-state index in [1.54, 1.807) is 30.3 Å². The molecule has 0 spiro atoms. The van der Waals surface area contributed by atoms with Gasteiger partial charge >= 0.3 is 0 Å². The lowest BCUT2D eigenvalue weighted by Crippen LogP contribution is -2.60. The Bertz CT molecular complexity index is 2320. The molecule has 0 bridgehead atoms. The average molecular weight is 948 g/mol. The molecule has 3 saturated heterocycles. The van der Waals surface area contributed by atoms with Crippen LogP contribution in [0.1, 0.15) is 82.9 Å². The lowest BCUT2D eigenvalue weighted by molar-refractivity contribution is -0.670. The van der Waals surface area contributed by atoms with Crippen LogP contribution in [0.2, 0.25) is 0 Å². The molecule has 5 heterocycles. The number of aromatic nitrogens is 3. The van der Waals surface area contributed by atoms with Gasteiger partial charge in [-0.05, 0) is 50.2 Å². The molecule has 0 saturated carbocycles. The van der Waals surface area contributed by atoms with Crippen LogP contribution >= 0.6 is 11.8 Å². The van der Waals surface area contributed by atoms with Crippen LogP contribution < -0.4 is 42.2 Å². The highest BCUT2D eigenvalue weighted by atomic mass is 32.2. The van der Waals surface area contributed by atoms with E-state index in [0.717, 1.165) is 22.9 Å². The molecular formula is C45H63N12O9S+. The number of amides is 9. The maximum absolute atomic E-state index is 14.7. The number of primary amides is 1. The van der Waals surface area contributed by atoms with Gasteiger partial charge in [0.1, 0.15) is 48.1 Å². The second-order valence-electron chi connectivity index (χ2n) is 17.4. The van der Waals surface area contributed by atoms with Gasteiger partial charge in [-0.1, -0.05) is 38.0 Å². The molecule has 22 heteroatoms. The highest BCUT2D eigenvalue weighted by Crippen LogP contribution is 2.30. The summed E-state index contributed by atoms with van der Waals surface area (Å²) in [7, 11) is 1.77. The second kappa shape index (κ2) is 23.3. The van der Waals surface area contributed by atoms with Gasteiger partial charge < -0.3 is 52.4 Å². The molecule has 3 aliphatic rings. The maximum atomic E-state index is 14.7. The molecular weight excluding hydrogens is 885 g/mol. The molecule has 3 aliphatic heterocycles. The van der Waals surface area contributed by atoms with Crippen molar-refractivity contribution < 1.29 is 47.7 Å². The number of para-hydroxylation sites is 1. The first-order valence-electron chi connectivity index (χ1n) is 23.0. The fraction of sp³-hybridized carbons (Fsp3) is 0.556. The molecule has 1 aromatic carbocycles. The number of nitrogens with zero attached hydrogens (tertiary/aromatic N) is 3. The van der Waals surface area contributed by atoms with Gasteiger partial charge in [0.05, 0.1) is 13.5 Å². The number of unbranched alkanes of at least 4 members (excludes halogenated alkanes) is 1. The van der Waals surface area contributed by atoms with Gasteiger partial charge in [0.2, 0.25) is 53.6 Å². The highest BCUT2D eigenvalue weighted by molar-refractivity contribution is 8.00. The van der Waals surface area contributed by atoms with Gasteiger partial charge in [-0.2, -0.15) is 0 Å². The number of imidazole rings is 1. The summed E-state index contributed by atoms with van der Waals surface area (Å²) >= 11 is 1.22. The molecule has 21 nitrogen and oxygen atoms in total. The summed E-state index contributed by atoms with van der Waals surface area (Å²) in [6.45, 7) is 3.63. The monoisotopic (exact) mass is 947 g/mol. The summed E-state index contributed by atoms with van der Waals surface area (Å²) < 4.78 is 1.73.